The van der Waals surface area contributed by atoms with E-state index >= 15 is 0 Å². The molecule has 5 heteroatoms. The Balaban J connectivity index is 1.54. The number of rotatable bonds is 2. The van der Waals surface area contributed by atoms with Gasteiger partial charge in [-0.3, -0.25) is 9.59 Å². The first-order valence-corrected chi connectivity index (χ1v) is 9.38. The maximum Gasteiger partial charge on any atom is 0.228 e. The number of nitrogens with zero attached hydrogens (tertiary/aromatic N) is 2. The average molecular weight is 352 g/mol. The highest BCUT2D eigenvalue weighted by Gasteiger charge is 2.38. The Kier molecular flexibility index (Phi) is 4.64. The van der Waals surface area contributed by atoms with E-state index in [-0.39, 0.29) is 30.3 Å². The summed E-state index contributed by atoms with van der Waals surface area (Å²) in [6.07, 6.45) is 2.14. The Morgan fingerprint density at radius 2 is 1.85 bits per heavy atom. The Morgan fingerprint density at radius 3 is 2.73 bits per heavy atom. The van der Waals surface area contributed by atoms with E-state index in [1.54, 1.807) is 4.90 Å². The van der Waals surface area contributed by atoms with Crippen LogP contribution in [0.1, 0.15) is 25.7 Å². The number of benzene rings is 2. The van der Waals surface area contributed by atoms with Crippen LogP contribution in [-0.4, -0.2) is 47.6 Å². The second kappa shape index (κ2) is 7.08. The lowest BCUT2D eigenvalue weighted by molar-refractivity contribution is -0.135. The quantitative estimate of drug-likeness (QED) is 0.904. The van der Waals surface area contributed by atoms with Crippen molar-refractivity contribution in [2.45, 2.75) is 31.8 Å². The van der Waals surface area contributed by atoms with Crippen molar-refractivity contribution in [1.82, 2.24) is 4.90 Å². The molecule has 0 bridgehead atoms. The molecule has 2 amide bonds. The van der Waals surface area contributed by atoms with E-state index in [2.05, 4.69) is 0 Å². The number of carbonyl (C=O) groups is 2. The fourth-order valence-electron chi connectivity index (χ4n) is 4.11. The van der Waals surface area contributed by atoms with Crippen LogP contribution < -0.4 is 4.90 Å². The predicted molar refractivity (Wildman–Crippen MR) is 101 cm³/mol. The molecule has 26 heavy (non-hydrogen) atoms. The van der Waals surface area contributed by atoms with E-state index < -0.39 is 0 Å². The second-order valence-electron chi connectivity index (χ2n) is 7.31. The van der Waals surface area contributed by atoms with Crippen molar-refractivity contribution in [3.05, 3.63) is 42.5 Å². The lowest BCUT2D eigenvalue weighted by Crippen LogP contribution is -2.38. The summed E-state index contributed by atoms with van der Waals surface area (Å²) in [6.45, 7) is 1.69. The van der Waals surface area contributed by atoms with Gasteiger partial charge in [-0.05, 0) is 30.7 Å². The Morgan fingerprint density at radius 1 is 1.04 bits per heavy atom. The molecule has 0 aliphatic carbocycles. The van der Waals surface area contributed by atoms with Gasteiger partial charge in [0.2, 0.25) is 11.8 Å². The minimum atomic E-state index is -0.315. The first-order chi connectivity index (χ1) is 12.6. The molecular weight excluding hydrogens is 328 g/mol. The highest BCUT2D eigenvalue weighted by atomic mass is 16.3. The Bertz CT molecular complexity index is 830. The fraction of sp³-hybridized carbons (Fsp3) is 0.429. The van der Waals surface area contributed by atoms with Crippen LogP contribution in [0.25, 0.3) is 10.8 Å². The molecule has 2 saturated heterocycles. The molecule has 2 aliphatic rings. The number of fused-ring (bicyclic) bond motifs is 1. The molecule has 136 valence electrons. The highest BCUT2D eigenvalue weighted by Crippen LogP contribution is 2.32. The van der Waals surface area contributed by atoms with Crippen LogP contribution in [0.15, 0.2) is 42.5 Å². The predicted octanol–water partition coefficient (Wildman–Crippen LogP) is 2.57. The van der Waals surface area contributed by atoms with Gasteiger partial charge in [-0.15, -0.1) is 0 Å². The smallest absolute Gasteiger partial charge is 0.228 e. The molecule has 0 spiro atoms. The number of anilines is 1. The summed E-state index contributed by atoms with van der Waals surface area (Å²) in [4.78, 5) is 29.2. The van der Waals surface area contributed by atoms with Crippen molar-refractivity contribution >= 4 is 28.3 Å². The number of hydrogen-bond acceptors (Lipinski definition) is 3. The van der Waals surface area contributed by atoms with Gasteiger partial charge in [0, 0.05) is 31.4 Å². The maximum absolute atomic E-state index is 12.9. The van der Waals surface area contributed by atoms with Gasteiger partial charge in [-0.25, -0.2) is 0 Å². The summed E-state index contributed by atoms with van der Waals surface area (Å²) in [5.74, 6) is -0.235. The van der Waals surface area contributed by atoms with Gasteiger partial charge in [0.05, 0.1) is 17.7 Å². The summed E-state index contributed by atoms with van der Waals surface area (Å²) in [5.41, 5.74) is 0.884. The molecule has 1 N–H and O–H groups in total. The molecule has 2 aromatic carbocycles. The maximum atomic E-state index is 12.9. The van der Waals surface area contributed by atoms with Crippen molar-refractivity contribution < 1.29 is 14.7 Å². The summed E-state index contributed by atoms with van der Waals surface area (Å²) in [7, 11) is 0. The third-order valence-electron chi connectivity index (χ3n) is 5.54. The minimum absolute atomic E-state index is 0.00885. The van der Waals surface area contributed by atoms with Crippen molar-refractivity contribution in [2.24, 2.45) is 5.92 Å². The molecule has 0 aromatic heterocycles. The molecule has 0 saturated carbocycles. The Hall–Kier alpha value is -2.40. The van der Waals surface area contributed by atoms with Crippen LogP contribution in [0.3, 0.4) is 0 Å². The molecule has 4 rings (SSSR count). The first-order valence-electron chi connectivity index (χ1n) is 9.38. The van der Waals surface area contributed by atoms with Gasteiger partial charge >= 0.3 is 0 Å². The molecule has 2 heterocycles. The first kappa shape index (κ1) is 17.0. The van der Waals surface area contributed by atoms with Crippen LogP contribution in [0.4, 0.5) is 5.69 Å². The van der Waals surface area contributed by atoms with Gasteiger partial charge < -0.3 is 14.9 Å². The van der Waals surface area contributed by atoms with E-state index in [0.717, 1.165) is 29.3 Å². The summed E-state index contributed by atoms with van der Waals surface area (Å²) >= 11 is 0. The van der Waals surface area contributed by atoms with E-state index in [1.807, 2.05) is 47.4 Å². The minimum Gasteiger partial charge on any atom is -0.393 e. The molecule has 2 atom stereocenters. The van der Waals surface area contributed by atoms with Crippen molar-refractivity contribution in [3.8, 4) is 0 Å². The van der Waals surface area contributed by atoms with Crippen LogP contribution >= 0.6 is 0 Å². The normalized spacial score (nSPS) is 24.1. The number of aliphatic hydroxyl groups is 1. The summed E-state index contributed by atoms with van der Waals surface area (Å²) < 4.78 is 0. The molecule has 2 fully saturated rings. The molecular formula is C21H24N2O3. The zero-order valence-electron chi connectivity index (χ0n) is 14.8. The van der Waals surface area contributed by atoms with E-state index in [9.17, 15) is 14.7 Å². The van der Waals surface area contributed by atoms with Gasteiger partial charge in [-0.1, -0.05) is 36.4 Å². The van der Waals surface area contributed by atoms with Gasteiger partial charge in [-0.2, -0.15) is 0 Å². The van der Waals surface area contributed by atoms with E-state index in [1.165, 1.54) is 0 Å². The van der Waals surface area contributed by atoms with Crippen LogP contribution in [0, 0.1) is 5.92 Å². The number of aliphatic hydroxyl groups excluding tert-OH is 1. The van der Waals surface area contributed by atoms with Crippen LogP contribution in [-0.2, 0) is 9.59 Å². The number of amides is 2. The summed E-state index contributed by atoms with van der Waals surface area (Å²) in [6, 6.07) is 13.9. The zero-order chi connectivity index (χ0) is 18.1. The second-order valence-corrected chi connectivity index (χ2v) is 7.31. The SMILES string of the molecule is O=C(C1CC(=O)N(c2cccc3ccccc23)C1)N1CCCC(O)CC1. The lowest BCUT2D eigenvalue weighted by Gasteiger charge is -2.24. The van der Waals surface area contributed by atoms with Gasteiger partial charge in [0.25, 0.3) is 0 Å². The largest absolute Gasteiger partial charge is 0.393 e. The molecule has 0 radical (unpaired) electrons. The topological polar surface area (TPSA) is 60.9 Å². The van der Waals surface area contributed by atoms with E-state index in [4.69, 9.17) is 0 Å². The number of likely N-dealkylation sites (tertiary alicyclic amines) is 1. The molecule has 5 nitrogen and oxygen atoms in total. The monoisotopic (exact) mass is 352 g/mol. The fourth-order valence-corrected chi connectivity index (χ4v) is 4.11. The van der Waals surface area contributed by atoms with Crippen molar-refractivity contribution in [1.29, 1.82) is 0 Å². The van der Waals surface area contributed by atoms with Crippen LogP contribution in [0.5, 0.6) is 0 Å². The third-order valence-corrected chi connectivity index (χ3v) is 5.54. The van der Waals surface area contributed by atoms with Crippen molar-refractivity contribution in [2.75, 3.05) is 24.5 Å². The van der Waals surface area contributed by atoms with Gasteiger partial charge in [0.15, 0.2) is 0 Å². The van der Waals surface area contributed by atoms with E-state index in [0.29, 0.717) is 26.1 Å². The number of carbonyl (C=O) groups excluding carboxylic acids is 2. The van der Waals surface area contributed by atoms with Crippen molar-refractivity contribution in [3.63, 3.8) is 0 Å². The molecule has 2 aliphatic heterocycles. The number of hydrogen-bond donors (Lipinski definition) is 1. The molecule has 2 aromatic rings. The van der Waals surface area contributed by atoms with Crippen LogP contribution in [0.2, 0.25) is 0 Å². The van der Waals surface area contributed by atoms with Gasteiger partial charge in [0.1, 0.15) is 0 Å². The lowest BCUT2D eigenvalue weighted by atomic mass is 10.1. The molecule has 2 unspecified atom stereocenters. The highest BCUT2D eigenvalue weighted by molar-refractivity contribution is 6.06. The third kappa shape index (κ3) is 3.19. The summed E-state index contributed by atoms with van der Waals surface area (Å²) in [5, 5.41) is 11.9. The average Bonchev–Trinajstić information content (AvgIpc) is 2.91. The standard InChI is InChI=1S/C21H24N2O3/c24-17-7-4-11-22(12-10-17)21(26)16-13-20(25)23(14-16)19-9-3-6-15-5-1-2-8-18(15)19/h1-3,5-6,8-9,16-17,24H,4,7,10-14H2. The zero-order valence-corrected chi connectivity index (χ0v) is 14.8. The Labute approximate surface area is 153 Å².